The van der Waals surface area contributed by atoms with Crippen LogP contribution in [0.2, 0.25) is 0 Å². The second-order valence-electron chi connectivity index (χ2n) is 5.34. The van der Waals surface area contributed by atoms with E-state index < -0.39 is 0 Å². The lowest BCUT2D eigenvalue weighted by Gasteiger charge is -2.12. The Labute approximate surface area is 158 Å². The van der Waals surface area contributed by atoms with Crippen molar-refractivity contribution in [1.82, 2.24) is 10.2 Å². The van der Waals surface area contributed by atoms with E-state index in [-0.39, 0.29) is 30.1 Å². The SMILES string of the molecule is COc1ccc(C=C2SC(=O)N(CCNC(=O)c3cccs3)C2=O)cc1. The van der Waals surface area contributed by atoms with Crippen LogP contribution in [0.3, 0.4) is 0 Å². The van der Waals surface area contributed by atoms with Crippen LogP contribution in [0, 0.1) is 0 Å². The van der Waals surface area contributed by atoms with Gasteiger partial charge in [-0.3, -0.25) is 19.3 Å². The van der Waals surface area contributed by atoms with E-state index in [1.165, 1.54) is 11.3 Å². The second kappa shape index (κ2) is 8.20. The third kappa shape index (κ3) is 4.14. The van der Waals surface area contributed by atoms with Crippen LogP contribution >= 0.6 is 23.1 Å². The number of amides is 3. The van der Waals surface area contributed by atoms with Crippen molar-refractivity contribution in [2.24, 2.45) is 0 Å². The molecule has 6 nitrogen and oxygen atoms in total. The number of hydrogen-bond donors (Lipinski definition) is 1. The lowest BCUT2D eigenvalue weighted by molar-refractivity contribution is -0.122. The maximum Gasteiger partial charge on any atom is 0.293 e. The Bertz CT molecular complexity index is 845. The zero-order chi connectivity index (χ0) is 18.5. The molecule has 134 valence electrons. The topological polar surface area (TPSA) is 75.7 Å². The highest BCUT2D eigenvalue weighted by molar-refractivity contribution is 8.18. The first-order valence-corrected chi connectivity index (χ1v) is 9.49. The van der Waals surface area contributed by atoms with Crippen molar-refractivity contribution >= 4 is 46.2 Å². The molecule has 2 heterocycles. The second-order valence-corrected chi connectivity index (χ2v) is 7.28. The van der Waals surface area contributed by atoms with Crippen molar-refractivity contribution in [3.05, 3.63) is 57.1 Å². The van der Waals surface area contributed by atoms with Crippen LogP contribution in [0.15, 0.2) is 46.7 Å². The van der Waals surface area contributed by atoms with Gasteiger partial charge in [0.1, 0.15) is 5.75 Å². The van der Waals surface area contributed by atoms with Gasteiger partial charge in [-0.25, -0.2) is 0 Å². The maximum atomic E-state index is 12.4. The van der Waals surface area contributed by atoms with Gasteiger partial charge >= 0.3 is 0 Å². The molecule has 1 aromatic carbocycles. The van der Waals surface area contributed by atoms with Crippen molar-refractivity contribution in [2.75, 3.05) is 20.2 Å². The summed E-state index contributed by atoms with van der Waals surface area (Å²) in [5.74, 6) is 0.165. The number of hydrogen-bond acceptors (Lipinski definition) is 6. The Morgan fingerprint density at radius 2 is 2.00 bits per heavy atom. The van der Waals surface area contributed by atoms with Crippen LogP contribution < -0.4 is 10.1 Å². The van der Waals surface area contributed by atoms with Crippen LogP contribution in [-0.2, 0) is 4.79 Å². The number of carbonyl (C=O) groups is 3. The van der Waals surface area contributed by atoms with Gasteiger partial charge in [0.2, 0.25) is 0 Å². The number of methoxy groups -OCH3 is 1. The molecule has 1 saturated heterocycles. The summed E-state index contributed by atoms with van der Waals surface area (Å²) in [6.07, 6.45) is 1.68. The fraction of sp³-hybridized carbons (Fsp3) is 0.167. The van der Waals surface area contributed by atoms with Gasteiger partial charge in [0.05, 0.1) is 16.9 Å². The lowest BCUT2D eigenvalue weighted by Crippen LogP contribution is -2.37. The third-order valence-electron chi connectivity index (χ3n) is 3.65. The van der Waals surface area contributed by atoms with Gasteiger partial charge in [0.25, 0.3) is 17.1 Å². The third-order valence-corrected chi connectivity index (χ3v) is 5.43. The first-order valence-electron chi connectivity index (χ1n) is 7.79. The van der Waals surface area contributed by atoms with Gasteiger partial charge in [-0.1, -0.05) is 18.2 Å². The largest absolute Gasteiger partial charge is 0.497 e. The fourth-order valence-corrected chi connectivity index (χ4v) is 3.83. The highest BCUT2D eigenvalue weighted by atomic mass is 32.2. The van der Waals surface area contributed by atoms with E-state index in [4.69, 9.17) is 4.74 Å². The molecule has 2 aromatic rings. The zero-order valence-corrected chi connectivity index (χ0v) is 15.6. The summed E-state index contributed by atoms with van der Waals surface area (Å²) in [6, 6.07) is 10.7. The van der Waals surface area contributed by atoms with E-state index in [0.717, 1.165) is 28.0 Å². The quantitative estimate of drug-likeness (QED) is 0.769. The van der Waals surface area contributed by atoms with Crippen molar-refractivity contribution in [2.45, 2.75) is 0 Å². The number of nitrogens with zero attached hydrogens (tertiary/aromatic N) is 1. The Kier molecular flexibility index (Phi) is 5.75. The molecular weight excluding hydrogens is 372 g/mol. The number of ether oxygens (including phenoxy) is 1. The van der Waals surface area contributed by atoms with Gasteiger partial charge in [-0.05, 0) is 47.0 Å². The van der Waals surface area contributed by atoms with Crippen molar-refractivity contribution in [3.8, 4) is 5.75 Å². The molecule has 0 saturated carbocycles. The molecule has 3 rings (SSSR count). The standard InChI is InChI=1S/C18H16N2O4S2/c1-24-13-6-4-12(5-7-13)11-15-17(22)20(18(23)26-15)9-8-19-16(21)14-3-2-10-25-14/h2-7,10-11H,8-9H2,1H3,(H,19,21). The Balaban J connectivity index is 1.59. The summed E-state index contributed by atoms with van der Waals surface area (Å²) in [7, 11) is 1.58. The summed E-state index contributed by atoms with van der Waals surface area (Å²) in [4.78, 5) is 38.5. The molecule has 1 aromatic heterocycles. The molecule has 8 heteroatoms. The summed E-state index contributed by atoms with van der Waals surface area (Å²) < 4.78 is 5.10. The van der Waals surface area contributed by atoms with E-state index >= 15 is 0 Å². The van der Waals surface area contributed by atoms with E-state index in [1.54, 1.807) is 37.5 Å². The molecule has 1 aliphatic heterocycles. The molecule has 0 spiro atoms. The predicted octanol–water partition coefficient (Wildman–Crippen LogP) is 3.22. The number of thioether (sulfide) groups is 1. The maximum absolute atomic E-state index is 12.4. The minimum atomic E-state index is -0.346. The highest BCUT2D eigenvalue weighted by Crippen LogP contribution is 2.32. The summed E-state index contributed by atoms with van der Waals surface area (Å²) >= 11 is 2.24. The Morgan fingerprint density at radius 1 is 1.23 bits per heavy atom. The summed E-state index contributed by atoms with van der Waals surface area (Å²) in [5, 5.41) is 4.19. The van der Waals surface area contributed by atoms with Gasteiger partial charge in [0, 0.05) is 13.1 Å². The minimum Gasteiger partial charge on any atom is -0.497 e. The number of carbonyl (C=O) groups excluding carboxylic acids is 3. The van der Waals surface area contributed by atoms with Crippen LogP contribution in [0.1, 0.15) is 15.2 Å². The van der Waals surface area contributed by atoms with Crippen LogP contribution in [0.4, 0.5) is 4.79 Å². The van der Waals surface area contributed by atoms with Gasteiger partial charge in [0.15, 0.2) is 0 Å². The molecule has 1 fully saturated rings. The van der Waals surface area contributed by atoms with E-state index in [2.05, 4.69) is 5.32 Å². The van der Waals surface area contributed by atoms with Crippen LogP contribution in [-0.4, -0.2) is 42.2 Å². The van der Waals surface area contributed by atoms with Crippen molar-refractivity contribution in [3.63, 3.8) is 0 Å². The minimum absolute atomic E-state index is 0.141. The Morgan fingerprint density at radius 3 is 2.65 bits per heavy atom. The number of benzene rings is 1. The lowest BCUT2D eigenvalue weighted by atomic mass is 10.2. The molecule has 1 aliphatic rings. The molecule has 0 unspecified atom stereocenters. The van der Waals surface area contributed by atoms with Gasteiger partial charge < -0.3 is 10.1 Å². The fourth-order valence-electron chi connectivity index (χ4n) is 2.32. The molecule has 1 N–H and O–H groups in total. The monoisotopic (exact) mass is 388 g/mol. The average molecular weight is 388 g/mol. The van der Waals surface area contributed by atoms with E-state index in [9.17, 15) is 14.4 Å². The number of rotatable bonds is 6. The van der Waals surface area contributed by atoms with Crippen molar-refractivity contribution in [1.29, 1.82) is 0 Å². The smallest absolute Gasteiger partial charge is 0.293 e. The van der Waals surface area contributed by atoms with Gasteiger partial charge in [-0.2, -0.15) is 0 Å². The average Bonchev–Trinajstić information content (AvgIpc) is 3.27. The first kappa shape index (κ1) is 18.2. The van der Waals surface area contributed by atoms with Crippen LogP contribution in [0.25, 0.3) is 6.08 Å². The van der Waals surface area contributed by atoms with Gasteiger partial charge in [-0.15, -0.1) is 11.3 Å². The molecule has 0 bridgehead atoms. The molecule has 3 amide bonds. The first-order chi connectivity index (χ1) is 12.6. The highest BCUT2D eigenvalue weighted by Gasteiger charge is 2.34. The predicted molar refractivity (Wildman–Crippen MR) is 102 cm³/mol. The summed E-state index contributed by atoms with van der Waals surface area (Å²) in [6.45, 7) is 0.353. The molecule has 0 atom stereocenters. The molecule has 26 heavy (non-hydrogen) atoms. The van der Waals surface area contributed by atoms with Crippen molar-refractivity contribution < 1.29 is 19.1 Å². The molecular formula is C18H16N2O4S2. The van der Waals surface area contributed by atoms with E-state index in [0.29, 0.717) is 9.78 Å². The Hall–Kier alpha value is -2.58. The van der Waals surface area contributed by atoms with Crippen LogP contribution in [0.5, 0.6) is 5.75 Å². The zero-order valence-electron chi connectivity index (χ0n) is 13.9. The van der Waals surface area contributed by atoms with E-state index in [1.807, 2.05) is 17.5 Å². The number of nitrogens with one attached hydrogen (secondary N) is 1. The molecule has 0 aliphatic carbocycles. The number of thiophene rings is 1. The molecule has 0 radical (unpaired) electrons. The number of imide groups is 1. The summed E-state index contributed by atoms with van der Waals surface area (Å²) in [5.41, 5.74) is 0.808. The normalized spacial score (nSPS) is 15.6.